The number of amides is 1. The first kappa shape index (κ1) is 14.4. The van der Waals surface area contributed by atoms with Gasteiger partial charge < -0.3 is 15.4 Å². The van der Waals surface area contributed by atoms with E-state index in [1.807, 2.05) is 20.8 Å². The number of anilines is 1. The van der Waals surface area contributed by atoms with E-state index in [4.69, 9.17) is 4.74 Å². The van der Waals surface area contributed by atoms with E-state index in [9.17, 15) is 4.79 Å². The van der Waals surface area contributed by atoms with Crippen LogP contribution in [0.25, 0.3) is 0 Å². The van der Waals surface area contributed by atoms with E-state index < -0.39 is 0 Å². The molecule has 0 saturated heterocycles. The number of hydrogen-bond donors (Lipinski definition) is 2. The van der Waals surface area contributed by atoms with Crippen LogP contribution in [0.2, 0.25) is 0 Å². The summed E-state index contributed by atoms with van der Waals surface area (Å²) in [6, 6.07) is 3.55. The van der Waals surface area contributed by atoms with Crippen LogP contribution in [0, 0.1) is 0 Å². The van der Waals surface area contributed by atoms with E-state index in [-0.39, 0.29) is 12.0 Å². The molecule has 0 bridgehead atoms. The fourth-order valence-corrected chi connectivity index (χ4v) is 1.38. The number of rotatable bonds is 7. The molecule has 1 aromatic heterocycles. The predicted molar refractivity (Wildman–Crippen MR) is 71.8 cm³/mol. The topological polar surface area (TPSA) is 63.2 Å². The highest BCUT2D eigenvalue weighted by Gasteiger charge is 2.05. The third kappa shape index (κ3) is 5.14. The van der Waals surface area contributed by atoms with Gasteiger partial charge in [-0.25, -0.2) is 4.98 Å². The van der Waals surface area contributed by atoms with Crippen molar-refractivity contribution in [3.05, 3.63) is 23.9 Å². The monoisotopic (exact) mass is 251 g/mol. The Morgan fingerprint density at radius 3 is 2.78 bits per heavy atom. The Balaban J connectivity index is 2.37. The Hall–Kier alpha value is -1.62. The first-order chi connectivity index (χ1) is 8.63. The van der Waals surface area contributed by atoms with Crippen LogP contribution in [-0.4, -0.2) is 36.7 Å². The van der Waals surface area contributed by atoms with Crippen molar-refractivity contribution < 1.29 is 9.53 Å². The van der Waals surface area contributed by atoms with Crippen LogP contribution >= 0.6 is 0 Å². The molecule has 0 aromatic carbocycles. The molecular formula is C13H21N3O2. The zero-order valence-electron chi connectivity index (χ0n) is 11.2. The summed E-state index contributed by atoms with van der Waals surface area (Å²) in [5, 5.41) is 5.86. The number of hydrogen-bond acceptors (Lipinski definition) is 4. The van der Waals surface area contributed by atoms with E-state index in [1.54, 1.807) is 18.3 Å². The lowest BCUT2D eigenvalue weighted by Gasteiger charge is -2.09. The molecule has 1 amide bonds. The maximum Gasteiger partial charge on any atom is 0.252 e. The molecule has 5 nitrogen and oxygen atoms in total. The maximum absolute atomic E-state index is 11.7. The molecule has 0 aliphatic rings. The van der Waals surface area contributed by atoms with Crippen molar-refractivity contribution in [1.29, 1.82) is 0 Å². The number of carbonyl (C=O) groups is 1. The van der Waals surface area contributed by atoms with E-state index in [1.165, 1.54) is 0 Å². The summed E-state index contributed by atoms with van der Waals surface area (Å²) < 4.78 is 5.34. The average Bonchev–Trinajstić information content (AvgIpc) is 2.35. The zero-order chi connectivity index (χ0) is 13.4. The molecule has 18 heavy (non-hydrogen) atoms. The van der Waals surface area contributed by atoms with Crippen LogP contribution in [0.1, 0.15) is 31.1 Å². The van der Waals surface area contributed by atoms with E-state index in [2.05, 4.69) is 15.6 Å². The number of nitrogens with zero attached hydrogens (tertiary/aromatic N) is 1. The molecule has 0 aliphatic carbocycles. The summed E-state index contributed by atoms with van der Waals surface area (Å²) in [5.74, 6) is 0.648. The van der Waals surface area contributed by atoms with Crippen molar-refractivity contribution in [3.63, 3.8) is 0 Å². The molecular weight excluding hydrogens is 230 g/mol. The second-order valence-electron chi connectivity index (χ2n) is 4.14. The summed E-state index contributed by atoms with van der Waals surface area (Å²) in [5.41, 5.74) is 0.557. The van der Waals surface area contributed by atoms with Gasteiger partial charge in [-0.2, -0.15) is 0 Å². The van der Waals surface area contributed by atoms with Crippen LogP contribution in [0.4, 0.5) is 5.82 Å². The lowest BCUT2D eigenvalue weighted by molar-refractivity contribution is 0.0746. The summed E-state index contributed by atoms with van der Waals surface area (Å²) in [4.78, 5) is 15.9. The van der Waals surface area contributed by atoms with Crippen molar-refractivity contribution in [2.75, 3.05) is 25.0 Å². The summed E-state index contributed by atoms with van der Waals surface area (Å²) >= 11 is 0. The fourth-order valence-electron chi connectivity index (χ4n) is 1.38. The van der Waals surface area contributed by atoms with Gasteiger partial charge in [0, 0.05) is 19.3 Å². The third-order valence-corrected chi connectivity index (χ3v) is 2.22. The van der Waals surface area contributed by atoms with Gasteiger partial charge in [0.2, 0.25) is 0 Å². The average molecular weight is 251 g/mol. The standard InChI is InChI=1S/C13H21N3O2/c1-4-14-12-6-5-11(9-16-12)13(17)15-7-8-18-10(2)3/h5-6,9-10H,4,7-8H2,1-3H3,(H,14,16)(H,15,17). The Morgan fingerprint density at radius 2 is 2.22 bits per heavy atom. The predicted octanol–water partition coefficient (Wildman–Crippen LogP) is 1.67. The molecule has 1 heterocycles. The second-order valence-corrected chi connectivity index (χ2v) is 4.14. The lowest BCUT2D eigenvalue weighted by Crippen LogP contribution is -2.28. The van der Waals surface area contributed by atoms with Crippen molar-refractivity contribution in [2.24, 2.45) is 0 Å². The van der Waals surface area contributed by atoms with Gasteiger partial charge >= 0.3 is 0 Å². The van der Waals surface area contributed by atoms with Gasteiger partial charge in [-0.05, 0) is 32.9 Å². The SMILES string of the molecule is CCNc1ccc(C(=O)NCCOC(C)C)cn1. The van der Waals surface area contributed by atoms with Gasteiger partial charge in [0.25, 0.3) is 5.91 Å². The number of ether oxygens (including phenoxy) is 1. The molecule has 0 atom stereocenters. The molecule has 1 rings (SSSR count). The molecule has 100 valence electrons. The molecule has 0 aliphatic heterocycles. The third-order valence-electron chi connectivity index (χ3n) is 2.22. The van der Waals surface area contributed by atoms with Gasteiger partial charge in [-0.3, -0.25) is 4.79 Å². The molecule has 0 fully saturated rings. The first-order valence-electron chi connectivity index (χ1n) is 6.23. The summed E-state index contributed by atoms with van der Waals surface area (Å²) in [6.07, 6.45) is 1.75. The minimum absolute atomic E-state index is 0.127. The Labute approximate surface area is 108 Å². The molecule has 5 heteroatoms. The maximum atomic E-state index is 11.7. The zero-order valence-corrected chi connectivity index (χ0v) is 11.2. The summed E-state index contributed by atoms with van der Waals surface area (Å²) in [7, 11) is 0. The highest BCUT2D eigenvalue weighted by atomic mass is 16.5. The van der Waals surface area contributed by atoms with E-state index >= 15 is 0 Å². The highest BCUT2D eigenvalue weighted by Crippen LogP contribution is 2.04. The number of pyridine rings is 1. The fraction of sp³-hybridized carbons (Fsp3) is 0.538. The molecule has 0 saturated carbocycles. The van der Waals surface area contributed by atoms with Crippen LogP contribution in [0.3, 0.4) is 0 Å². The van der Waals surface area contributed by atoms with Gasteiger partial charge in [-0.1, -0.05) is 0 Å². The van der Waals surface area contributed by atoms with E-state index in [0.717, 1.165) is 12.4 Å². The molecule has 1 aromatic rings. The smallest absolute Gasteiger partial charge is 0.252 e. The lowest BCUT2D eigenvalue weighted by atomic mass is 10.2. The van der Waals surface area contributed by atoms with Crippen molar-refractivity contribution in [2.45, 2.75) is 26.9 Å². The minimum Gasteiger partial charge on any atom is -0.377 e. The van der Waals surface area contributed by atoms with Crippen LogP contribution in [0.15, 0.2) is 18.3 Å². The van der Waals surface area contributed by atoms with Crippen LogP contribution < -0.4 is 10.6 Å². The number of aromatic nitrogens is 1. The Kier molecular flexibility index (Phi) is 6.14. The van der Waals surface area contributed by atoms with Crippen LogP contribution in [-0.2, 0) is 4.74 Å². The van der Waals surface area contributed by atoms with Crippen LogP contribution in [0.5, 0.6) is 0 Å². The van der Waals surface area contributed by atoms with Gasteiger partial charge in [0.15, 0.2) is 0 Å². The molecule has 0 radical (unpaired) electrons. The molecule has 0 unspecified atom stereocenters. The van der Waals surface area contributed by atoms with Gasteiger partial charge in [0.1, 0.15) is 5.82 Å². The van der Waals surface area contributed by atoms with E-state index in [0.29, 0.717) is 18.7 Å². The highest BCUT2D eigenvalue weighted by molar-refractivity contribution is 5.94. The summed E-state index contributed by atoms with van der Waals surface area (Å²) in [6.45, 7) is 7.76. The van der Waals surface area contributed by atoms with Gasteiger partial charge in [0.05, 0.1) is 18.3 Å². The Morgan fingerprint density at radius 1 is 1.44 bits per heavy atom. The quantitative estimate of drug-likeness (QED) is 0.724. The van der Waals surface area contributed by atoms with Crippen molar-refractivity contribution in [3.8, 4) is 0 Å². The van der Waals surface area contributed by atoms with Crippen molar-refractivity contribution in [1.82, 2.24) is 10.3 Å². The molecule has 0 spiro atoms. The van der Waals surface area contributed by atoms with Crippen molar-refractivity contribution >= 4 is 11.7 Å². The first-order valence-corrected chi connectivity index (χ1v) is 6.23. The Bertz CT molecular complexity index is 363. The number of nitrogens with one attached hydrogen (secondary N) is 2. The van der Waals surface area contributed by atoms with Gasteiger partial charge in [-0.15, -0.1) is 0 Å². The largest absolute Gasteiger partial charge is 0.377 e. The second kappa shape index (κ2) is 7.66. The number of carbonyl (C=O) groups excluding carboxylic acids is 1. The normalized spacial score (nSPS) is 10.4. The molecule has 2 N–H and O–H groups in total. The minimum atomic E-state index is -0.127.